The third-order valence-electron chi connectivity index (χ3n) is 9.41. The second-order valence-electron chi connectivity index (χ2n) is 11.9. The molecule has 0 aliphatic carbocycles. The Balaban J connectivity index is 1.42. The smallest absolute Gasteiger partial charge is 0.179 e. The lowest BCUT2D eigenvalue weighted by molar-refractivity contribution is 0.669. The summed E-state index contributed by atoms with van der Waals surface area (Å²) in [4.78, 5) is 0. The van der Waals surface area contributed by atoms with Gasteiger partial charge in [-0.15, -0.1) is 0 Å². The molecule has 2 aromatic heterocycles. The van der Waals surface area contributed by atoms with Crippen LogP contribution in [-0.4, -0.2) is 12.6 Å². The highest BCUT2D eigenvalue weighted by molar-refractivity contribution is 7.16. The van der Waals surface area contributed by atoms with E-state index < -0.39 is 8.07 Å². The molecule has 0 aliphatic heterocycles. The molecule has 0 saturated heterocycles. The molecule has 3 heteroatoms. The number of hydrogen-bond donors (Lipinski definition) is 0. The number of nitrogens with zero attached hydrogens (tertiary/aromatic N) is 1. The molecule has 0 radical (unpaired) electrons. The van der Waals surface area contributed by atoms with Crippen molar-refractivity contribution in [2.45, 2.75) is 20.3 Å². The van der Waals surface area contributed by atoms with Gasteiger partial charge in [-0.2, -0.15) is 0 Å². The summed E-state index contributed by atoms with van der Waals surface area (Å²) in [6.07, 6.45) is 7.98. The van der Waals surface area contributed by atoms with E-state index in [4.69, 9.17) is 4.42 Å². The minimum atomic E-state index is -2.68. The van der Waals surface area contributed by atoms with Gasteiger partial charge in [-0.3, -0.25) is 0 Å². The number of furan rings is 1. The van der Waals surface area contributed by atoms with Gasteiger partial charge >= 0.3 is 0 Å². The zero-order valence-corrected chi connectivity index (χ0v) is 27.2. The second kappa shape index (κ2) is 11.5. The molecule has 2 heterocycles. The first-order chi connectivity index (χ1) is 22.7. The van der Waals surface area contributed by atoms with Crippen molar-refractivity contribution < 1.29 is 4.42 Å². The summed E-state index contributed by atoms with van der Waals surface area (Å²) in [6, 6.07) is 53.2. The van der Waals surface area contributed by atoms with Gasteiger partial charge in [0.15, 0.2) is 8.07 Å². The van der Waals surface area contributed by atoms with Crippen LogP contribution in [0.4, 0.5) is 0 Å². The average Bonchev–Trinajstić information content (AvgIpc) is 3.66. The zero-order valence-electron chi connectivity index (χ0n) is 26.2. The van der Waals surface area contributed by atoms with Gasteiger partial charge in [0.05, 0.1) is 11.0 Å². The Morgan fingerprint density at radius 1 is 0.587 bits per heavy atom. The molecule has 6 aromatic carbocycles. The highest BCUT2D eigenvalue weighted by Gasteiger charge is 2.42. The van der Waals surface area contributed by atoms with Crippen LogP contribution in [0.2, 0.25) is 0 Å². The van der Waals surface area contributed by atoms with Crippen LogP contribution in [0.5, 0.6) is 0 Å². The van der Waals surface area contributed by atoms with Crippen molar-refractivity contribution in [1.29, 1.82) is 0 Å². The van der Waals surface area contributed by atoms with Crippen LogP contribution in [0, 0.1) is 0 Å². The largest absolute Gasteiger partial charge is 0.456 e. The van der Waals surface area contributed by atoms with Crippen LogP contribution in [0.25, 0.3) is 49.4 Å². The van der Waals surface area contributed by atoms with Crippen LogP contribution >= 0.6 is 0 Å². The van der Waals surface area contributed by atoms with Crippen LogP contribution in [-0.2, 0) is 0 Å². The zero-order chi connectivity index (χ0) is 31.1. The van der Waals surface area contributed by atoms with E-state index in [-0.39, 0.29) is 0 Å². The first-order valence-corrected chi connectivity index (χ1v) is 18.1. The Kier molecular flexibility index (Phi) is 7.04. The number of benzene rings is 6. The second-order valence-corrected chi connectivity index (χ2v) is 15.7. The SMILES string of the molecule is CC=C(C=CCC)[Si](c1ccccc1)(c1ccccc1)c1ccc2oc3ccc(-n4c5ccccc5c5ccccc54)cc3c2c1. The molecule has 0 atom stereocenters. The van der Waals surface area contributed by atoms with E-state index in [1.807, 2.05) is 0 Å². The normalized spacial score (nSPS) is 12.7. The molecule has 0 amide bonds. The van der Waals surface area contributed by atoms with E-state index in [9.17, 15) is 0 Å². The van der Waals surface area contributed by atoms with E-state index in [1.54, 1.807) is 0 Å². The number of aromatic nitrogens is 1. The first-order valence-electron chi connectivity index (χ1n) is 16.1. The highest BCUT2D eigenvalue weighted by Crippen LogP contribution is 2.35. The third-order valence-corrected chi connectivity index (χ3v) is 14.3. The van der Waals surface area contributed by atoms with Gasteiger partial charge in [0.2, 0.25) is 0 Å². The van der Waals surface area contributed by atoms with Crippen LogP contribution in [0.3, 0.4) is 0 Å². The predicted octanol–water partition coefficient (Wildman–Crippen LogP) is 9.60. The molecule has 0 spiro atoms. The summed E-state index contributed by atoms with van der Waals surface area (Å²) in [5.74, 6) is 0. The van der Waals surface area contributed by atoms with Crippen molar-refractivity contribution in [1.82, 2.24) is 4.57 Å². The maximum atomic E-state index is 6.51. The van der Waals surface area contributed by atoms with Gasteiger partial charge in [0.25, 0.3) is 0 Å². The lowest BCUT2D eigenvalue weighted by Crippen LogP contribution is -2.68. The molecule has 0 unspecified atom stereocenters. The summed E-state index contributed by atoms with van der Waals surface area (Å²) >= 11 is 0. The molecule has 2 nitrogen and oxygen atoms in total. The van der Waals surface area contributed by atoms with Gasteiger partial charge in [-0.1, -0.05) is 134 Å². The average molecular weight is 610 g/mol. The van der Waals surface area contributed by atoms with Crippen molar-refractivity contribution in [2.75, 3.05) is 0 Å². The Hall–Kier alpha value is -5.38. The predicted molar refractivity (Wildman–Crippen MR) is 199 cm³/mol. The quantitative estimate of drug-likeness (QED) is 0.1000. The van der Waals surface area contributed by atoms with Gasteiger partial charge in [-0.05, 0) is 70.5 Å². The monoisotopic (exact) mass is 609 g/mol. The van der Waals surface area contributed by atoms with Gasteiger partial charge in [-0.25, -0.2) is 0 Å². The Morgan fingerprint density at radius 3 is 1.72 bits per heavy atom. The number of allylic oxidation sites excluding steroid dienone is 4. The topological polar surface area (TPSA) is 18.1 Å². The number of para-hydroxylation sites is 2. The standard InChI is InChI=1S/C43H35NOSi/c1-3-5-16-32(4-2)46(33-17-8-6-9-18-33,34-19-10-7-11-20-34)35-26-28-43-39(30-35)38-29-31(25-27-42(38)45-43)44-40-23-14-12-21-36(40)37-22-13-15-24-41(37)44/h4-30H,3H2,1-2H3. The molecule has 0 saturated carbocycles. The summed E-state index contributed by atoms with van der Waals surface area (Å²) in [6.45, 7) is 4.39. The number of fused-ring (bicyclic) bond motifs is 6. The van der Waals surface area contributed by atoms with E-state index in [0.717, 1.165) is 34.0 Å². The fraction of sp³-hybridized carbons (Fsp3) is 0.0698. The number of hydrogen-bond acceptors (Lipinski definition) is 1. The molecule has 0 N–H and O–H groups in total. The first kappa shape index (κ1) is 28.1. The van der Waals surface area contributed by atoms with Crippen LogP contribution in [0.1, 0.15) is 20.3 Å². The lowest BCUT2D eigenvalue weighted by Gasteiger charge is -2.35. The van der Waals surface area contributed by atoms with Gasteiger partial charge < -0.3 is 8.98 Å². The van der Waals surface area contributed by atoms with E-state index >= 15 is 0 Å². The van der Waals surface area contributed by atoms with E-state index in [1.165, 1.54) is 42.6 Å². The maximum Gasteiger partial charge on any atom is 0.179 e. The van der Waals surface area contributed by atoms with Crippen molar-refractivity contribution in [3.8, 4) is 5.69 Å². The Bertz CT molecular complexity index is 2320. The van der Waals surface area contributed by atoms with Crippen LogP contribution < -0.4 is 15.6 Å². The van der Waals surface area contributed by atoms with Crippen molar-refractivity contribution >= 4 is 67.4 Å². The highest BCUT2D eigenvalue weighted by atomic mass is 28.3. The molecule has 0 fully saturated rings. The third kappa shape index (κ3) is 4.31. The molecule has 8 rings (SSSR count). The molecule has 0 aliphatic rings. The molecule has 222 valence electrons. The summed E-state index contributed by atoms with van der Waals surface area (Å²) < 4.78 is 8.89. The molecule has 46 heavy (non-hydrogen) atoms. The van der Waals surface area contributed by atoms with Crippen molar-refractivity contribution in [3.63, 3.8) is 0 Å². The Labute approximate surface area is 270 Å². The van der Waals surface area contributed by atoms with Crippen molar-refractivity contribution in [3.05, 3.63) is 169 Å². The fourth-order valence-corrected chi connectivity index (χ4v) is 12.3. The lowest BCUT2D eigenvalue weighted by atomic mass is 10.1. The van der Waals surface area contributed by atoms with E-state index in [0.29, 0.717) is 0 Å². The van der Waals surface area contributed by atoms with Gasteiger partial charge in [0.1, 0.15) is 11.2 Å². The molecular weight excluding hydrogens is 575 g/mol. The number of rotatable bonds is 7. The Morgan fingerprint density at radius 2 is 1.13 bits per heavy atom. The maximum absolute atomic E-state index is 6.51. The minimum Gasteiger partial charge on any atom is -0.456 e. The van der Waals surface area contributed by atoms with E-state index in [2.05, 4.69) is 182 Å². The summed E-state index contributed by atoms with van der Waals surface area (Å²) in [5.41, 5.74) is 5.36. The molecule has 8 aromatic rings. The van der Waals surface area contributed by atoms with Gasteiger partial charge in [0, 0.05) is 27.2 Å². The molecule has 0 bridgehead atoms. The summed E-state index contributed by atoms with van der Waals surface area (Å²) in [7, 11) is -2.68. The fourth-order valence-electron chi connectivity index (χ4n) is 7.40. The summed E-state index contributed by atoms with van der Waals surface area (Å²) in [5, 5.41) is 10.3. The van der Waals surface area contributed by atoms with Crippen molar-refractivity contribution in [2.24, 2.45) is 0 Å². The minimum absolute atomic E-state index is 0.903. The van der Waals surface area contributed by atoms with Crippen LogP contribution in [0.15, 0.2) is 173 Å². The molecular formula is C43H35NOSi.